The number of nitrogens with zero attached hydrogens (tertiary/aromatic N) is 5. The van der Waals surface area contributed by atoms with E-state index in [1.807, 2.05) is 34.9 Å². The molecule has 1 aromatic carbocycles. The Morgan fingerprint density at radius 1 is 1.22 bits per heavy atom. The van der Waals surface area contributed by atoms with Crippen LogP contribution in [0.2, 0.25) is 0 Å². The summed E-state index contributed by atoms with van der Waals surface area (Å²) < 4.78 is 21.5. The third-order valence-electron chi connectivity index (χ3n) is 4.76. The number of hydrogen-bond acceptors (Lipinski definition) is 6. The molecule has 4 rings (SSSR count). The number of primary amides is 1. The van der Waals surface area contributed by atoms with E-state index >= 15 is 0 Å². The first-order valence-electron chi connectivity index (χ1n) is 9.53. The van der Waals surface area contributed by atoms with Crippen LogP contribution in [0.5, 0.6) is 5.75 Å². The number of hydrogen-bond donors (Lipinski definition) is 1. The van der Waals surface area contributed by atoms with Crippen LogP contribution in [-0.4, -0.2) is 49.3 Å². The van der Waals surface area contributed by atoms with Crippen molar-refractivity contribution in [2.24, 2.45) is 10.8 Å². The number of methoxy groups -OCH3 is 1. The van der Waals surface area contributed by atoms with Crippen molar-refractivity contribution in [2.75, 3.05) is 14.2 Å². The zero-order valence-corrected chi connectivity index (χ0v) is 18.2. The van der Waals surface area contributed by atoms with Crippen LogP contribution in [0.15, 0.2) is 77.2 Å². The molecule has 0 saturated heterocycles. The Labute approximate surface area is 186 Å². The monoisotopic (exact) mass is 448 g/mol. The fourth-order valence-corrected chi connectivity index (χ4v) is 4.06. The molecule has 10 heteroatoms. The van der Waals surface area contributed by atoms with Crippen LogP contribution in [0.1, 0.15) is 16.1 Å². The van der Waals surface area contributed by atoms with Gasteiger partial charge in [0, 0.05) is 42.3 Å². The molecule has 0 saturated carbocycles. The number of pyridine rings is 2. The van der Waals surface area contributed by atoms with Crippen molar-refractivity contribution in [2.45, 2.75) is 4.90 Å². The van der Waals surface area contributed by atoms with Gasteiger partial charge in [0.2, 0.25) is 5.91 Å². The lowest BCUT2D eigenvalue weighted by atomic mass is 10.1. The van der Waals surface area contributed by atoms with Crippen LogP contribution in [0.25, 0.3) is 16.8 Å². The van der Waals surface area contributed by atoms with Crippen molar-refractivity contribution >= 4 is 28.8 Å². The number of amides is 1. The van der Waals surface area contributed by atoms with Gasteiger partial charge in [-0.3, -0.25) is 14.2 Å². The standard InChI is InChI=1S/C22H20N6O3S/c1-27(32(30)20-10-15(22(23)29)5-7-19(20)31-2)26-13-18-12-25-21-8-6-17(14-28(18)21)16-4-3-9-24-11-16/h3-14H,1-2H3,(H2,23,29). The molecule has 0 fully saturated rings. The van der Waals surface area contributed by atoms with E-state index in [2.05, 4.69) is 15.1 Å². The molecule has 1 atom stereocenters. The Bertz CT molecular complexity index is 1340. The summed E-state index contributed by atoms with van der Waals surface area (Å²) in [5, 5.41) is 4.31. The minimum Gasteiger partial charge on any atom is -0.495 e. The zero-order chi connectivity index (χ0) is 22.7. The van der Waals surface area contributed by atoms with Gasteiger partial charge in [-0.25, -0.2) is 13.6 Å². The first-order valence-corrected chi connectivity index (χ1v) is 10.6. The highest BCUT2D eigenvalue weighted by Crippen LogP contribution is 2.25. The van der Waals surface area contributed by atoms with Gasteiger partial charge in [0.25, 0.3) is 0 Å². The van der Waals surface area contributed by atoms with Crippen molar-refractivity contribution in [3.8, 4) is 16.9 Å². The summed E-state index contributed by atoms with van der Waals surface area (Å²) in [5.74, 6) is -0.251. The molecule has 3 aromatic heterocycles. The van der Waals surface area contributed by atoms with E-state index in [1.165, 1.54) is 23.7 Å². The third kappa shape index (κ3) is 4.21. The molecule has 1 unspecified atom stereocenters. The van der Waals surface area contributed by atoms with E-state index in [4.69, 9.17) is 10.5 Å². The van der Waals surface area contributed by atoms with Gasteiger partial charge in [0.15, 0.2) is 11.0 Å². The van der Waals surface area contributed by atoms with Crippen LogP contribution in [0.3, 0.4) is 0 Å². The fraction of sp³-hybridized carbons (Fsp3) is 0.0909. The van der Waals surface area contributed by atoms with E-state index in [-0.39, 0.29) is 5.56 Å². The molecule has 0 aliphatic heterocycles. The first-order chi connectivity index (χ1) is 15.5. The van der Waals surface area contributed by atoms with Crippen LogP contribution in [0.4, 0.5) is 0 Å². The summed E-state index contributed by atoms with van der Waals surface area (Å²) >= 11 is 0. The third-order valence-corrected chi connectivity index (χ3v) is 6.03. The smallest absolute Gasteiger partial charge is 0.248 e. The van der Waals surface area contributed by atoms with Crippen LogP contribution in [0, 0.1) is 0 Å². The predicted molar refractivity (Wildman–Crippen MR) is 122 cm³/mol. The second-order valence-corrected chi connectivity index (χ2v) is 8.23. The summed E-state index contributed by atoms with van der Waals surface area (Å²) in [6.45, 7) is 0. The molecule has 1 amide bonds. The maximum Gasteiger partial charge on any atom is 0.248 e. The SMILES string of the molecule is COc1ccc(C(N)=O)cc1S(=O)N(C)N=Cc1cnc2ccc(-c3cccnc3)cn12. The molecular formula is C22H20N6O3S. The number of ether oxygens (including phenoxy) is 1. The largest absolute Gasteiger partial charge is 0.495 e. The predicted octanol–water partition coefficient (Wildman–Crippen LogP) is 2.49. The number of fused-ring (bicyclic) bond motifs is 1. The van der Waals surface area contributed by atoms with Crippen LogP contribution >= 0.6 is 0 Å². The summed E-state index contributed by atoms with van der Waals surface area (Å²) in [6.07, 6.45) is 8.70. The Balaban J connectivity index is 1.62. The Morgan fingerprint density at radius 3 is 2.78 bits per heavy atom. The molecule has 0 aliphatic rings. The second-order valence-electron chi connectivity index (χ2n) is 6.76. The first kappa shape index (κ1) is 21.2. The Hall–Kier alpha value is -4.05. The minimum atomic E-state index is -1.73. The van der Waals surface area contributed by atoms with Gasteiger partial charge in [-0.15, -0.1) is 0 Å². The lowest BCUT2D eigenvalue weighted by Crippen LogP contribution is -2.18. The number of carbonyl (C=O) groups excluding carboxylic acids is 1. The molecule has 0 radical (unpaired) electrons. The number of benzene rings is 1. The van der Waals surface area contributed by atoms with E-state index in [9.17, 15) is 9.00 Å². The van der Waals surface area contributed by atoms with Crippen molar-refractivity contribution < 1.29 is 13.7 Å². The fourth-order valence-electron chi connectivity index (χ4n) is 3.09. The summed E-state index contributed by atoms with van der Waals surface area (Å²) in [6, 6.07) is 12.2. The Kier molecular flexibility index (Phi) is 5.95. The van der Waals surface area contributed by atoms with Gasteiger partial charge in [0.05, 0.1) is 25.2 Å². The van der Waals surface area contributed by atoms with Crippen molar-refractivity contribution in [3.05, 3.63) is 78.5 Å². The van der Waals surface area contributed by atoms with Gasteiger partial charge in [-0.2, -0.15) is 5.10 Å². The van der Waals surface area contributed by atoms with Gasteiger partial charge in [0.1, 0.15) is 16.3 Å². The maximum absolute atomic E-state index is 13.0. The lowest BCUT2D eigenvalue weighted by Gasteiger charge is -2.15. The van der Waals surface area contributed by atoms with Gasteiger partial charge >= 0.3 is 0 Å². The molecule has 4 aromatic rings. The van der Waals surface area contributed by atoms with E-state index in [0.29, 0.717) is 16.3 Å². The normalized spacial score (nSPS) is 12.2. The van der Waals surface area contributed by atoms with Crippen molar-refractivity contribution in [3.63, 3.8) is 0 Å². The number of nitrogens with two attached hydrogens (primary N) is 1. The molecule has 0 aliphatic carbocycles. The number of carbonyl (C=O) groups is 1. The molecule has 9 nitrogen and oxygen atoms in total. The van der Waals surface area contributed by atoms with Crippen LogP contribution < -0.4 is 10.5 Å². The second kappa shape index (κ2) is 8.98. The average molecular weight is 449 g/mol. The molecular weight excluding hydrogens is 428 g/mol. The quantitative estimate of drug-likeness (QED) is 0.345. The topological polar surface area (TPSA) is 115 Å². The van der Waals surface area contributed by atoms with Gasteiger partial charge in [-0.05, 0) is 36.4 Å². The van der Waals surface area contributed by atoms with Crippen LogP contribution in [-0.2, 0) is 11.0 Å². The van der Waals surface area contributed by atoms with E-state index in [1.54, 1.807) is 37.9 Å². The number of hydrazone groups is 1. The molecule has 162 valence electrons. The highest BCUT2D eigenvalue weighted by molar-refractivity contribution is 7.82. The van der Waals surface area contributed by atoms with Crippen molar-refractivity contribution in [1.82, 2.24) is 18.8 Å². The average Bonchev–Trinajstić information content (AvgIpc) is 3.24. The molecule has 0 spiro atoms. The number of imidazole rings is 1. The van der Waals surface area contributed by atoms with Gasteiger partial charge in [-0.1, -0.05) is 6.07 Å². The Morgan fingerprint density at radius 2 is 2.06 bits per heavy atom. The van der Waals surface area contributed by atoms with Crippen molar-refractivity contribution in [1.29, 1.82) is 0 Å². The minimum absolute atomic E-state index is 0.233. The molecule has 3 heterocycles. The van der Waals surface area contributed by atoms with E-state index in [0.717, 1.165) is 16.8 Å². The van der Waals surface area contributed by atoms with Gasteiger partial charge < -0.3 is 10.5 Å². The molecule has 2 N–H and O–H groups in total. The molecule has 32 heavy (non-hydrogen) atoms. The molecule has 0 bridgehead atoms. The zero-order valence-electron chi connectivity index (χ0n) is 17.4. The maximum atomic E-state index is 13.0. The lowest BCUT2D eigenvalue weighted by molar-refractivity contribution is 0.1000. The number of aromatic nitrogens is 3. The highest BCUT2D eigenvalue weighted by Gasteiger charge is 2.17. The summed E-state index contributed by atoms with van der Waals surface area (Å²) in [5.41, 5.74) is 8.98. The highest BCUT2D eigenvalue weighted by atomic mass is 32.2. The summed E-state index contributed by atoms with van der Waals surface area (Å²) in [4.78, 5) is 20.3. The van der Waals surface area contributed by atoms with E-state index < -0.39 is 16.9 Å². The number of rotatable bonds is 7. The summed E-state index contributed by atoms with van der Waals surface area (Å²) in [7, 11) is 1.29.